The molecule has 0 bridgehead atoms. The van der Waals surface area contributed by atoms with Gasteiger partial charge < -0.3 is 15.4 Å². The van der Waals surface area contributed by atoms with Crippen molar-refractivity contribution in [3.8, 4) is 5.75 Å². The molecule has 1 saturated heterocycles. The number of pyridine rings is 1. The van der Waals surface area contributed by atoms with Crippen LogP contribution in [0.1, 0.15) is 46.1 Å². The summed E-state index contributed by atoms with van der Waals surface area (Å²) in [7, 11) is 0. The fourth-order valence-electron chi connectivity index (χ4n) is 4.86. The molecule has 1 amide bonds. The van der Waals surface area contributed by atoms with Gasteiger partial charge in [0.25, 0.3) is 5.91 Å². The lowest BCUT2D eigenvalue weighted by Crippen LogP contribution is -2.32. The number of amides is 1. The van der Waals surface area contributed by atoms with Gasteiger partial charge in [0.15, 0.2) is 0 Å². The molecule has 6 nitrogen and oxygen atoms in total. The molecule has 0 radical (unpaired) electrons. The molecule has 0 atom stereocenters. The summed E-state index contributed by atoms with van der Waals surface area (Å²) in [6, 6.07) is 19.9. The number of aromatic nitrogens is 2. The number of carbonyl (C=O) groups is 1. The highest BCUT2D eigenvalue weighted by atomic mass is 19.4. The number of alkyl halides is 3. The topological polar surface area (TPSA) is 72.9 Å². The zero-order valence-corrected chi connectivity index (χ0v) is 19.4. The van der Waals surface area contributed by atoms with Gasteiger partial charge in [-0.2, -0.15) is 0 Å². The van der Waals surface area contributed by atoms with Crippen LogP contribution in [0.3, 0.4) is 0 Å². The van der Waals surface area contributed by atoms with Gasteiger partial charge in [0.2, 0.25) is 0 Å². The first-order valence-electron chi connectivity index (χ1n) is 11.7. The number of benzene rings is 2. The number of nitrogens with two attached hydrogens (primary N) is 1. The summed E-state index contributed by atoms with van der Waals surface area (Å²) >= 11 is 0. The molecule has 4 aromatic rings. The molecule has 0 saturated carbocycles. The van der Waals surface area contributed by atoms with Crippen molar-refractivity contribution in [1.82, 2.24) is 9.38 Å². The molecule has 0 spiro atoms. The Bertz CT molecular complexity index is 1360. The first kappa shape index (κ1) is 23.7. The van der Waals surface area contributed by atoms with Gasteiger partial charge in [-0.25, -0.2) is 4.98 Å². The van der Waals surface area contributed by atoms with Gasteiger partial charge in [-0.05, 0) is 66.3 Å². The van der Waals surface area contributed by atoms with Gasteiger partial charge in [-0.15, -0.1) is 13.2 Å². The van der Waals surface area contributed by atoms with Gasteiger partial charge in [0.1, 0.15) is 17.1 Å². The summed E-state index contributed by atoms with van der Waals surface area (Å²) in [6.07, 6.45) is -0.589. The fourth-order valence-corrected chi connectivity index (χ4v) is 4.86. The van der Waals surface area contributed by atoms with Crippen molar-refractivity contribution in [3.05, 3.63) is 95.4 Å². The van der Waals surface area contributed by atoms with Crippen LogP contribution >= 0.6 is 0 Å². The molecule has 9 heteroatoms. The highest BCUT2D eigenvalue weighted by molar-refractivity contribution is 5.93. The van der Waals surface area contributed by atoms with Crippen molar-refractivity contribution >= 4 is 17.2 Å². The maximum absolute atomic E-state index is 12.4. The minimum atomic E-state index is -4.68. The summed E-state index contributed by atoms with van der Waals surface area (Å²) in [5.41, 5.74) is 10.5. The maximum atomic E-state index is 12.4. The van der Waals surface area contributed by atoms with E-state index in [1.54, 1.807) is 22.7 Å². The van der Waals surface area contributed by atoms with Gasteiger partial charge >= 0.3 is 6.36 Å². The first-order valence-corrected chi connectivity index (χ1v) is 11.7. The van der Waals surface area contributed by atoms with Crippen LogP contribution in [0.2, 0.25) is 0 Å². The standard InChI is InChI=1S/C27H25F3N4O2/c28-27(29,30)36-22-10-6-19(7-11-22)20-12-15-33(16-13-20)21-8-4-18(5-9-21)17-23-25(26(31)35)34-14-2-1-3-24(34)32-23/h1-11,14,20H,12-13,15-17H2,(H2,31,35). The molecule has 0 aliphatic carbocycles. The average molecular weight is 495 g/mol. The third-order valence-corrected chi connectivity index (χ3v) is 6.59. The van der Waals surface area contributed by atoms with E-state index in [0.717, 1.165) is 42.7 Å². The van der Waals surface area contributed by atoms with Crippen LogP contribution in [-0.4, -0.2) is 34.7 Å². The number of hydrogen-bond donors (Lipinski definition) is 1. The highest BCUT2D eigenvalue weighted by Gasteiger charge is 2.31. The lowest BCUT2D eigenvalue weighted by Gasteiger charge is -2.34. The summed E-state index contributed by atoms with van der Waals surface area (Å²) in [5, 5.41) is 0. The van der Waals surface area contributed by atoms with E-state index in [1.807, 2.05) is 30.3 Å². The van der Waals surface area contributed by atoms with Crippen LogP contribution < -0.4 is 15.4 Å². The molecule has 186 valence electrons. The Balaban J connectivity index is 1.21. The van der Waals surface area contributed by atoms with Gasteiger partial charge in [0.05, 0.1) is 5.69 Å². The molecule has 3 heterocycles. The molecular formula is C27H25F3N4O2. The van der Waals surface area contributed by atoms with E-state index in [2.05, 4.69) is 26.8 Å². The monoisotopic (exact) mass is 494 g/mol. The number of ether oxygens (including phenoxy) is 1. The molecule has 2 aromatic carbocycles. The van der Waals surface area contributed by atoms with E-state index in [0.29, 0.717) is 29.4 Å². The van der Waals surface area contributed by atoms with E-state index >= 15 is 0 Å². The zero-order chi connectivity index (χ0) is 25.3. The minimum absolute atomic E-state index is 0.199. The second-order valence-corrected chi connectivity index (χ2v) is 8.92. The Morgan fingerprint density at radius 2 is 1.69 bits per heavy atom. The molecule has 2 aromatic heterocycles. The van der Waals surface area contributed by atoms with E-state index in [1.165, 1.54) is 12.1 Å². The van der Waals surface area contributed by atoms with E-state index in [-0.39, 0.29) is 5.75 Å². The predicted molar refractivity (Wildman–Crippen MR) is 130 cm³/mol. The van der Waals surface area contributed by atoms with Crippen LogP contribution in [0.25, 0.3) is 5.65 Å². The average Bonchev–Trinajstić information content (AvgIpc) is 3.22. The van der Waals surface area contributed by atoms with Crippen LogP contribution in [0.5, 0.6) is 5.75 Å². The number of anilines is 1. The number of carbonyl (C=O) groups excluding carboxylic acids is 1. The number of fused-ring (bicyclic) bond motifs is 1. The van der Waals surface area contributed by atoms with Crippen molar-refractivity contribution < 1.29 is 22.7 Å². The SMILES string of the molecule is NC(=O)c1c(Cc2ccc(N3CCC(c4ccc(OC(F)(F)F)cc4)CC3)cc2)nc2ccccn12. The minimum Gasteiger partial charge on any atom is -0.406 e. The molecule has 0 unspecified atom stereocenters. The number of nitrogens with zero attached hydrogens (tertiary/aromatic N) is 3. The zero-order valence-electron chi connectivity index (χ0n) is 19.4. The van der Waals surface area contributed by atoms with Crippen LogP contribution in [0, 0.1) is 0 Å². The molecule has 1 fully saturated rings. The lowest BCUT2D eigenvalue weighted by atomic mass is 9.89. The third-order valence-electron chi connectivity index (χ3n) is 6.59. The number of hydrogen-bond acceptors (Lipinski definition) is 4. The molecule has 5 rings (SSSR count). The summed E-state index contributed by atoms with van der Waals surface area (Å²) in [5.74, 6) is -0.413. The molecule has 1 aliphatic rings. The van der Waals surface area contributed by atoms with E-state index < -0.39 is 12.3 Å². The van der Waals surface area contributed by atoms with Crippen molar-refractivity contribution in [2.75, 3.05) is 18.0 Å². The first-order chi connectivity index (χ1) is 17.3. The number of rotatable bonds is 6. The smallest absolute Gasteiger partial charge is 0.406 e. The third kappa shape index (κ3) is 5.15. The Morgan fingerprint density at radius 3 is 2.33 bits per heavy atom. The van der Waals surface area contributed by atoms with Gasteiger partial charge in [-0.3, -0.25) is 9.20 Å². The molecular weight excluding hydrogens is 469 g/mol. The van der Waals surface area contributed by atoms with E-state index in [4.69, 9.17) is 5.73 Å². The van der Waals surface area contributed by atoms with Gasteiger partial charge in [0, 0.05) is 31.4 Å². The Labute approximate surface area is 206 Å². The van der Waals surface area contributed by atoms with Crippen molar-refractivity contribution in [3.63, 3.8) is 0 Å². The molecule has 2 N–H and O–H groups in total. The van der Waals surface area contributed by atoms with Crippen LogP contribution in [0.15, 0.2) is 72.9 Å². The molecule has 36 heavy (non-hydrogen) atoms. The maximum Gasteiger partial charge on any atom is 0.573 e. The predicted octanol–water partition coefficient (Wildman–Crippen LogP) is 5.31. The van der Waals surface area contributed by atoms with Crippen LogP contribution in [-0.2, 0) is 6.42 Å². The van der Waals surface area contributed by atoms with Crippen LogP contribution in [0.4, 0.5) is 18.9 Å². The summed E-state index contributed by atoms with van der Waals surface area (Å²) < 4.78 is 42.8. The van der Waals surface area contributed by atoms with Crippen molar-refractivity contribution in [2.45, 2.75) is 31.5 Å². The van der Waals surface area contributed by atoms with Gasteiger partial charge in [-0.1, -0.05) is 30.3 Å². The number of imidazole rings is 1. The Hall–Kier alpha value is -4.01. The highest BCUT2D eigenvalue weighted by Crippen LogP contribution is 2.32. The number of primary amides is 1. The Kier molecular flexibility index (Phi) is 6.30. The largest absolute Gasteiger partial charge is 0.573 e. The van der Waals surface area contributed by atoms with E-state index in [9.17, 15) is 18.0 Å². The van der Waals surface area contributed by atoms with Crippen molar-refractivity contribution in [2.24, 2.45) is 5.73 Å². The second-order valence-electron chi connectivity index (χ2n) is 8.92. The quantitative estimate of drug-likeness (QED) is 0.395. The Morgan fingerprint density at radius 1 is 1.00 bits per heavy atom. The fraction of sp³-hybridized carbons (Fsp3) is 0.259. The summed E-state index contributed by atoms with van der Waals surface area (Å²) in [6.45, 7) is 1.70. The number of piperidine rings is 1. The normalized spacial score (nSPS) is 14.8. The lowest BCUT2D eigenvalue weighted by molar-refractivity contribution is -0.274. The second kappa shape index (κ2) is 9.56. The summed E-state index contributed by atoms with van der Waals surface area (Å²) in [4.78, 5) is 18.9. The van der Waals surface area contributed by atoms with Crippen molar-refractivity contribution in [1.29, 1.82) is 0 Å². The number of halogens is 3. The molecule has 1 aliphatic heterocycles.